The van der Waals surface area contributed by atoms with E-state index in [4.69, 9.17) is 10.4 Å². The van der Waals surface area contributed by atoms with Crippen LogP contribution >= 0.6 is 0 Å². The molecule has 2 rings (SSSR count). The fourth-order valence-electron chi connectivity index (χ4n) is 1.98. The molecule has 5 nitrogen and oxygen atoms in total. The zero-order chi connectivity index (χ0) is 17.0. The number of nitrogens with zero attached hydrogens (tertiary/aromatic N) is 2. The van der Waals surface area contributed by atoms with Crippen LogP contribution in [0.5, 0.6) is 0 Å². The number of hydrogen-bond acceptors (Lipinski definition) is 3. The molecular weight excluding hydrogens is 306 g/mol. The molecule has 116 valence electrons. The van der Waals surface area contributed by atoms with E-state index in [0.717, 1.165) is 23.1 Å². The van der Waals surface area contributed by atoms with Crippen LogP contribution in [0.15, 0.2) is 42.5 Å². The Morgan fingerprint density at radius 1 is 1.13 bits per heavy atom. The van der Waals surface area contributed by atoms with Gasteiger partial charge in [-0.25, -0.2) is 13.6 Å². The van der Waals surface area contributed by atoms with Crippen LogP contribution < -0.4 is 4.90 Å². The zero-order valence-electron chi connectivity index (χ0n) is 11.7. The molecule has 23 heavy (non-hydrogen) atoms. The number of halogens is 2. The van der Waals surface area contributed by atoms with Gasteiger partial charge >= 0.3 is 5.97 Å². The second-order valence-corrected chi connectivity index (χ2v) is 4.50. The SMILES string of the molecule is N#CCN(C(=O)c1ccc(F)cc1)c1cccc(C(=O)O)c1F. The van der Waals surface area contributed by atoms with Crippen LogP contribution in [0, 0.1) is 23.0 Å². The van der Waals surface area contributed by atoms with E-state index in [1.807, 2.05) is 0 Å². The Balaban J connectivity index is 2.49. The first-order chi connectivity index (χ1) is 11.0. The number of benzene rings is 2. The van der Waals surface area contributed by atoms with Crippen molar-refractivity contribution in [3.05, 3.63) is 65.2 Å². The Hall–Kier alpha value is -3.27. The second-order valence-electron chi connectivity index (χ2n) is 4.50. The van der Waals surface area contributed by atoms with Gasteiger partial charge in [-0.2, -0.15) is 5.26 Å². The average Bonchev–Trinajstić information content (AvgIpc) is 2.53. The number of carboxylic acid groups (broad SMARTS) is 1. The van der Waals surface area contributed by atoms with Gasteiger partial charge in [-0.1, -0.05) is 6.07 Å². The molecule has 0 atom stereocenters. The van der Waals surface area contributed by atoms with Gasteiger partial charge < -0.3 is 5.11 Å². The van der Waals surface area contributed by atoms with E-state index < -0.39 is 35.6 Å². The van der Waals surface area contributed by atoms with Gasteiger partial charge in [-0.05, 0) is 36.4 Å². The molecule has 0 heterocycles. The molecule has 0 radical (unpaired) electrons. The lowest BCUT2D eigenvalue weighted by Gasteiger charge is -2.21. The minimum atomic E-state index is -1.49. The maximum Gasteiger partial charge on any atom is 0.338 e. The molecular formula is C16H10F2N2O3. The summed E-state index contributed by atoms with van der Waals surface area (Å²) in [5.74, 6) is -3.90. The molecule has 1 amide bonds. The summed E-state index contributed by atoms with van der Waals surface area (Å²) >= 11 is 0. The van der Waals surface area contributed by atoms with Crippen LogP contribution in [-0.4, -0.2) is 23.5 Å². The summed E-state index contributed by atoms with van der Waals surface area (Å²) in [5, 5.41) is 17.8. The van der Waals surface area contributed by atoms with Crippen LogP contribution in [0.4, 0.5) is 14.5 Å². The van der Waals surface area contributed by atoms with Gasteiger partial charge in [-0.15, -0.1) is 0 Å². The molecule has 7 heteroatoms. The van der Waals surface area contributed by atoms with Crippen LogP contribution in [0.2, 0.25) is 0 Å². The monoisotopic (exact) mass is 316 g/mol. The fourth-order valence-corrected chi connectivity index (χ4v) is 1.98. The molecule has 0 aliphatic carbocycles. The number of anilines is 1. The number of carbonyl (C=O) groups is 2. The summed E-state index contributed by atoms with van der Waals surface area (Å²) in [4.78, 5) is 24.2. The van der Waals surface area contributed by atoms with E-state index in [0.29, 0.717) is 0 Å². The predicted octanol–water partition coefficient (Wildman–Crippen LogP) is 2.83. The number of carboxylic acids is 1. The summed E-state index contributed by atoms with van der Waals surface area (Å²) < 4.78 is 27.2. The van der Waals surface area contributed by atoms with Gasteiger partial charge in [0.25, 0.3) is 5.91 Å². The number of nitriles is 1. The average molecular weight is 316 g/mol. The summed E-state index contributed by atoms with van der Waals surface area (Å²) in [6.45, 7) is -0.490. The minimum absolute atomic E-state index is 0.0433. The molecule has 0 spiro atoms. The van der Waals surface area contributed by atoms with Gasteiger partial charge in [0.15, 0.2) is 5.82 Å². The van der Waals surface area contributed by atoms with Crippen LogP contribution in [-0.2, 0) is 0 Å². The highest BCUT2D eigenvalue weighted by Gasteiger charge is 2.23. The van der Waals surface area contributed by atoms with Crippen molar-refractivity contribution in [1.29, 1.82) is 5.26 Å². The first-order valence-electron chi connectivity index (χ1n) is 6.42. The third kappa shape index (κ3) is 3.32. The summed E-state index contributed by atoms with van der Waals surface area (Å²) in [5.41, 5.74) is -0.903. The highest BCUT2D eigenvalue weighted by atomic mass is 19.1. The highest BCUT2D eigenvalue weighted by Crippen LogP contribution is 2.24. The molecule has 0 unspecified atom stereocenters. The van der Waals surface area contributed by atoms with Crippen LogP contribution in [0.1, 0.15) is 20.7 Å². The molecule has 0 aliphatic heterocycles. The molecule has 0 fully saturated rings. The Bertz CT molecular complexity index is 798. The number of aromatic carboxylic acids is 1. The Kier molecular flexibility index (Phi) is 4.66. The zero-order valence-corrected chi connectivity index (χ0v) is 11.7. The maximum absolute atomic E-state index is 14.3. The lowest BCUT2D eigenvalue weighted by Crippen LogP contribution is -2.32. The predicted molar refractivity (Wildman–Crippen MR) is 77.0 cm³/mol. The standard InChI is InChI=1S/C16H10F2N2O3/c17-11-6-4-10(5-7-11)15(21)20(9-8-19)13-3-1-2-12(14(13)18)16(22)23/h1-7H,9H2,(H,22,23). The van der Waals surface area contributed by atoms with Crippen molar-refractivity contribution >= 4 is 17.6 Å². The quantitative estimate of drug-likeness (QED) is 0.879. The topological polar surface area (TPSA) is 81.4 Å². The Labute approximate surface area is 130 Å². The highest BCUT2D eigenvalue weighted by molar-refractivity contribution is 6.07. The van der Waals surface area contributed by atoms with E-state index in [1.165, 1.54) is 24.3 Å². The van der Waals surface area contributed by atoms with Crippen molar-refractivity contribution in [3.63, 3.8) is 0 Å². The van der Waals surface area contributed by atoms with Crippen molar-refractivity contribution in [2.24, 2.45) is 0 Å². The first kappa shape index (κ1) is 16.1. The van der Waals surface area contributed by atoms with E-state index in [2.05, 4.69) is 0 Å². The van der Waals surface area contributed by atoms with Crippen molar-refractivity contribution < 1.29 is 23.5 Å². The third-order valence-corrected chi connectivity index (χ3v) is 3.06. The van der Waals surface area contributed by atoms with Gasteiger partial charge in [0.05, 0.1) is 17.3 Å². The van der Waals surface area contributed by atoms with Crippen molar-refractivity contribution in [2.45, 2.75) is 0 Å². The molecule has 0 aliphatic rings. The normalized spacial score (nSPS) is 9.96. The molecule has 2 aromatic carbocycles. The minimum Gasteiger partial charge on any atom is -0.478 e. The second kappa shape index (κ2) is 6.66. The van der Waals surface area contributed by atoms with Gasteiger partial charge in [0.2, 0.25) is 0 Å². The lowest BCUT2D eigenvalue weighted by atomic mass is 10.1. The van der Waals surface area contributed by atoms with E-state index in [1.54, 1.807) is 6.07 Å². The molecule has 2 aromatic rings. The Morgan fingerprint density at radius 2 is 1.78 bits per heavy atom. The first-order valence-corrected chi connectivity index (χ1v) is 6.42. The summed E-state index contributed by atoms with van der Waals surface area (Å²) in [7, 11) is 0. The van der Waals surface area contributed by atoms with Crippen molar-refractivity contribution in [3.8, 4) is 6.07 Å². The molecule has 0 bridgehead atoms. The fraction of sp³-hybridized carbons (Fsp3) is 0.0625. The third-order valence-electron chi connectivity index (χ3n) is 3.06. The number of carbonyl (C=O) groups excluding carboxylic acids is 1. The van der Waals surface area contributed by atoms with Gasteiger partial charge in [-0.3, -0.25) is 9.69 Å². The molecule has 0 saturated heterocycles. The molecule has 0 aromatic heterocycles. The number of amides is 1. The lowest BCUT2D eigenvalue weighted by molar-refractivity contribution is 0.0691. The summed E-state index contributed by atoms with van der Waals surface area (Å²) in [6.07, 6.45) is 0. The summed E-state index contributed by atoms with van der Waals surface area (Å²) in [6, 6.07) is 9.74. The van der Waals surface area contributed by atoms with Gasteiger partial charge in [0.1, 0.15) is 12.4 Å². The smallest absolute Gasteiger partial charge is 0.338 e. The number of hydrogen-bond donors (Lipinski definition) is 1. The number of rotatable bonds is 4. The molecule has 0 saturated carbocycles. The Morgan fingerprint density at radius 3 is 2.35 bits per heavy atom. The van der Waals surface area contributed by atoms with Crippen molar-refractivity contribution in [2.75, 3.05) is 11.4 Å². The van der Waals surface area contributed by atoms with Gasteiger partial charge in [0, 0.05) is 5.56 Å². The van der Waals surface area contributed by atoms with E-state index in [9.17, 15) is 18.4 Å². The van der Waals surface area contributed by atoms with E-state index >= 15 is 0 Å². The van der Waals surface area contributed by atoms with Crippen LogP contribution in [0.25, 0.3) is 0 Å². The maximum atomic E-state index is 14.3. The van der Waals surface area contributed by atoms with E-state index in [-0.39, 0.29) is 11.3 Å². The largest absolute Gasteiger partial charge is 0.478 e. The molecule has 1 N–H and O–H groups in total. The van der Waals surface area contributed by atoms with Crippen molar-refractivity contribution in [1.82, 2.24) is 0 Å². The van der Waals surface area contributed by atoms with Crippen LogP contribution in [0.3, 0.4) is 0 Å².